The molecular formula is C22H29F3N8O4. The number of nitrogens with one attached hydrogen (secondary N) is 1. The number of aryl methyl sites for hydroxylation is 1. The van der Waals surface area contributed by atoms with Crippen LogP contribution in [-0.4, -0.2) is 95.6 Å². The molecule has 15 heteroatoms. The first-order chi connectivity index (χ1) is 17.5. The van der Waals surface area contributed by atoms with Crippen LogP contribution in [0.4, 0.5) is 13.2 Å². The van der Waals surface area contributed by atoms with Gasteiger partial charge in [-0.05, 0) is 18.9 Å². The number of amides is 2. The number of piperazine rings is 1. The second-order valence-electron chi connectivity index (χ2n) is 9.34. The van der Waals surface area contributed by atoms with Gasteiger partial charge in [-0.2, -0.15) is 18.3 Å². The van der Waals surface area contributed by atoms with Crippen molar-refractivity contribution >= 4 is 17.8 Å². The third kappa shape index (κ3) is 6.26. The van der Waals surface area contributed by atoms with Crippen LogP contribution in [0.1, 0.15) is 53.9 Å². The minimum Gasteiger partial charge on any atom is -0.475 e. The molecule has 0 radical (unpaired) electrons. The first kappa shape index (κ1) is 26.6. The second kappa shape index (κ2) is 10.9. The predicted molar refractivity (Wildman–Crippen MR) is 121 cm³/mol. The minimum absolute atomic E-state index is 0.0271. The molecule has 0 spiro atoms. The normalized spacial score (nSPS) is 20.0. The molecule has 2 amide bonds. The van der Waals surface area contributed by atoms with E-state index < -0.39 is 12.1 Å². The summed E-state index contributed by atoms with van der Waals surface area (Å²) in [5, 5.41) is 23.2. The van der Waals surface area contributed by atoms with E-state index in [1.807, 2.05) is 28.8 Å². The molecule has 1 saturated carbocycles. The highest BCUT2D eigenvalue weighted by molar-refractivity contribution is 5.91. The van der Waals surface area contributed by atoms with Gasteiger partial charge in [-0.3, -0.25) is 19.2 Å². The van der Waals surface area contributed by atoms with Crippen molar-refractivity contribution in [3.63, 3.8) is 0 Å². The summed E-state index contributed by atoms with van der Waals surface area (Å²) in [6.07, 6.45) is 1.48. The fourth-order valence-electron chi connectivity index (χ4n) is 4.88. The van der Waals surface area contributed by atoms with E-state index in [0.29, 0.717) is 31.9 Å². The quantitative estimate of drug-likeness (QED) is 0.596. The fraction of sp³-hybridized carbons (Fsp3) is 0.636. The summed E-state index contributed by atoms with van der Waals surface area (Å²) in [7, 11) is 1.85. The van der Waals surface area contributed by atoms with Crippen molar-refractivity contribution in [2.75, 3.05) is 26.2 Å². The van der Waals surface area contributed by atoms with Crippen molar-refractivity contribution in [1.82, 2.24) is 39.7 Å². The molecule has 37 heavy (non-hydrogen) atoms. The number of aromatic nitrogens is 5. The average molecular weight is 527 g/mol. The smallest absolute Gasteiger partial charge is 0.475 e. The Bertz CT molecular complexity index is 1140. The number of halogens is 3. The fourth-order valence-corrected chi connectivity index (χ4v) is 4.88. The number of alkyl halides is 3. The van der Waals surface area contributed by atoms with E-state index in [9.17, 15) is 22.8 Å². The van der Waals surface area contributed by atoms with Gasteiger partial charge in [0.25, 0.3) is 5.91 Å². The van der Waals surface area contributed by atoms with Crippen LogP contribution in [0.5, 0.6) is 0 Å². The highest BCUT2D eigenvalue weighted by atomic mass is 19.4. The summed E-state index contributed by atoms with van der Waals surface area (Å²) in [6, 6.07) is 2.10. The number of carboxylic acid groups (broad SMARTS) is 1. The van der Waals surface area contributed by atoms with Crippen molar-refractivity contribution in [2.45, 2.75) is 56.9 Å². The molecule has 2 aromatic heterocycles. The summed E-state index contributed by atoms with van der Waals surface area (Å²) in [4.78, 5) is 38.7. The molecule has 202 valence electrons. The van der Waals surface area contributed by atoms with Crippen LogP contribution in [0.15, 0.2) is 12.3 Å². The summed E-state index contributed by atoms with van der Waals surface area (Å²) in [5.74, 6) is -1.63. The van der Waals surface area contributed by atoms with Crippen LogP contribution < -0.4 is 5.32 Å². The Kier molecular flexibility index (Phi) is 7.80. The van der Waals surface area contributed by atoms with Gasteiger partial charge < -0.3 is 19.9 Å². The minimum atomic E-state index is -5.08. The van der Waals surface area contributed by atoms with Crippen LogP contribution in [0.2, 0.25) is 0 Å². The van der Waals surface area contributed by atoms with Gasteiger partial charge in [0.15, 0.2) is 5.82 Å². The van der Waals surface area contributed by atoms with E-state index in [0.717, 1.165) is 37.4 Å². The maximum atomic E-state index is 12.8. The lowest BCUT2D eigenvalue weighted by Crippen LogP contribution is -2.54. The van der Waals surface area contributed by atoms with Crippen LogP contribution in [-0.2, 0) is 29.6 Å². The number of carbonyl (C=O) groups is 3. The number of carbonyl (C=O) groups excluding carboxylic acids is 2. The molecule has 1 unspecified atom stereocenters. The molecule has 2 N–H and O–H groups in total. The lowest BCUT2D eigenvalue weighted by molar-refractivity contribution is -0.192. The van der Waals surface area contributed by atoms with E-state index >= 15 is 0 Å². The Morgan fingerprint density at radius 1 is 1.11 bits per heavy atom. The molecule has 1 aliphatic carbocycles. The van der Waals surface area contributed by atoms with Gasteiger partial charge >= 0.3 is 12.1 Å². The molecule has 2 aromatic rings. The Hall–Kier alpha value is -3.49. The lowest BCUT2D eigenvalue weighted by Gasteiger charge is -2.43. The van der Waals surface area contributed by atoms with E-state index in [1.165, 1.54) is 12.8 Å². The van der Waals surface area contributed by atoms with Crippen LogP contribution in [0, 0.1) is 0 Å². The van der Waals surface area contributed by atoms with Gasteiger partial charge in [-0.1, -0.05) is 12.8 Å². The number of fused-ring (bicyclic) bond motifs is 3. The van der Waals surface area contributed by atoms with E-state index in [2.05, 4.69) is 25.5 Å². The highest BCUT2D eigenvalue weighted by Crippen LogP contribution is 2.29. The molecular weight excluding hydrogens is 497 g/mol. The molecule has 5 rings (SSSR count). The molecule has 2 aliphatic heterocycles. The van der Waals surface area contributed by atoms with Crippen LogP contribution in [0.25, 0.3) is 0 Å². The second-order valence-corrected chi connectivity index (χ2v) is 9.34. The Labute approximate surface area is 210 Å². The van der Waals surface area contributed by atoms with Crippen LogP contribution in [0.3, 0.4) is 0 Å². The Balaban J connectivity index is 0.000000405. The number of rotatable bonds is 4. The molecule has 0 aromatic carbocycles. The summed E-state index contributed by atoms with van der Waals surface area (Å²) < 4.78 is 35.4. The van der Waals surface area contributed by atoms with Crippen molar-refractivity contribution < 1.29 is 32.7 Å². The van der Waals surface area contributed by atoms with Gasteiger partial charge in [-0.15, -0.1) is 10.2 Å². The number of hydrogen-bond donors (Lipinski definition) is 2. The van der Waals surface area contributed by atoms with Crippen molar-refractivity contribution in [1.29, 1.82) is 0 Å². The van der Waals surface area contributed by atoms with Gasteiger partial charge in [0.1, 0.15) is 0 Å². The first-order valence-electron chi connectivity index (χ1n) is 12.1. The molecule has 3 aliphatic rings. The zero-order valence-corrected chi connectivity index (χ0v) is 20.3. The average Bonchev–Trinajstić information content (AvgIpc) is 3.59. The molecule has 4 heterocycles. The number of nitrogens with zero attached hydrogens (tertiary/aromatic N) is 7. The Morgan fingerprint density at radius 2 is 1.78 bits per heavy atom. The largest absolute Gasteiger partial charge is 0.490 e. The summed E-state index contributed by atoms with van der Waals surface area (Å²) in [5.41, 5.74) is 0.780. The van der Waals surface area contributed by atoms with Crippen LogP contribution >= 0.6 is 0 Å². The molecule has 1 atom stereocenters. The SMILES string of the molecule is Cn1ccc(CC(=O)N2CCN3CCn4c(C(=O)NC5CCCC5)nnc4C3C2)n1.O=C(O)C(F)(F)F. The van der Waals surface area contributed by atoms with Crippen molar-refractivity contribution in [3.8, 4) is 0 Å². The number of aliphatic carboxylic acids is 1. The van der Waals surface area contributed by atoms with Gasteiger partial charge in [0.2, 0.25) is 11.7 Å². The maximum absolute atomic E-state index is 12.8. The van der Waals surface area contributed by atoms with E-state index in [1.54, 1.807) is 4.68 Å². The number of hydrogen-bond acceptors (Lipinski definition) is 7. The van der Waals surface area contributed by atoms with Gasteiger partial charge in [0, 0.05) is 52.0 Å². The van der Waals surface area contributed by atoms with Gasteiger partial charge in [0.05, 0.1) is 18.2 Å². The topological polar surface area (TPSA) is 138 Å². The van der Waals surface area contributed by atoms with Crippen molar-refractivity contribution in [3.05, 3.63) is 29.6 Å². The monoisotopic (exact) mass is 526 g/mol. The van der Waals surface area contributed by atoms with Gasteiger partial charge in [-0.25, -0.2) is 4.79 Å². The maximum Gasteiger partial charge on any atom is 0.490 e. The van der Waals surface area contributed by atoms with E-state index in [4.69, 9.17) is 9.90 Å². The summed E-state index contributed by atoms with van der Waals surface area (Å²) in [6.45, 7) is 3.60. The zero-order valence-electron chi connectivity index (χ0n) is 20.3. The lowest BCUT2D eigenvalue weighted by atomic mass is 10.1. The molecule has 1 saturated heterocycles. The zero-order chi connectivity index (χ0) is 26.7. The molecule has 0 bridgehead atoms. The summed E-state index contributed by atoms with van der Waals surface area (Å²) >= 11 is 0. The first-order valence-corrected chi connectivity index (χ1v) is 12.1. The standard InChI is InChI=1S/C20H28N8O2.C2HF3O2/c1-25-7-6-15(24-25)12-17(29)27-9-8-26-10-11-28-18(16(26)13-27)22-23-19(28)20(30)21-14-4-2-3-5-14;3-2(4,5)1(6)7/h6-7,14,16H,2-5,8-13H2,1H3,(H,21,30);(H,6,7). The Morgan fingerprint density at radius 3 is 2.41 bits per heavy atom. The van der Waals surface area contributed by atoms with Crippen molar-refractivity contribution in [2.24, 2.45) is 7.05 Å². The number of carboxylic acids is 1. The highest BCUT2D eigenvalue weighted by Gasteiger charge is 2.39. The van der Waals surface area contributed by atoms with E-state index in [-0.39, 0.29) is 23.9 Å². The molecule has 2 fully saturated rings. The third-order valence-corrected chi connectivity index (χ3v) is 6.77. The predicted octanol–water partition coefficient (Wildman–Crippen LogP) is 0.759. The molecule has 12 nitrogen and oxygen atoms in total. The third-order valence-electron chi connectivity index (χ3n) is 6.77.